The first-order valence-corrected chi connectivity index (χ1v) is 5.75. The number of H-pyrrole nitrogens is 1. The van der Waals surface area contributed by atoms with E-state index in [1.165, 1.54) is 6.08 Å². The minimum atomic E-state index is -1.20. The Morgan fingerprint density at radius 2 is 1.95 bits per heavy atom. The first kappa shape index (κ1) is 13.3. The molecule has 1 heterocycles. The number of carboxylic acids is 1. The number of nitrogens with zero attached hydrogens (tertiary/aromatic N) is 1. The topological polar surface area (TPSA) is 93.9 Å². The largest absolute Gasteiger partial charge is 0.478 e. The number of aromatic carboxylic acids is 1. The van der Waals surface area contributed by atoms with Crippen molar-refractivity contribution < 1.29 is 9.90 Å². The summed E-state index contributed by atoms with van der Waals surface area (Å²) in [5, 5.41) is 17.9. The molecule has 2 aromatic rings. The Morgan fingerprint density at radius 1 is 1.25 bits per heavy atom. The third-order valence-corrected chi connectivity index (χ3v) is 2.66. The molecule has 5 heteroatoms. The maximum atomic E-state index is 11.6. The van der Waals surface area contributed by atoms with Gasteiger partial charge < -0.3 is 10.1 Å². The van der Waals surface area contributed by atoms with Crippen molar-refractivity contribution in [2.24, 2.45) is 0 Å². The fourth-order valence-corrected chi connectivity index (χ4v) is 1.68. The molecule has 20 heavy (non-hydrogen) atoms. The second-order valence-electron chi connectivity index (χ2n) is 4.00. The van der Waals surface area contributed by atoms with Crippen LogP contribution in [0.4, 0.5) is 0 Å². The number of hydrogen-bond donors (Lipinski definition) is 2. The van der Waals surface area contributed by atoms with Crippen LogP contribution >= 0.6 is 0 Å². The molecular weight excluding hydrogens is 256 g/mol. The van der Waals surface area contributed by atoms with Gasteiger partial charge in [0.25, 0.3) is 5.56 Å². The van der Waals surface area contributed by atoms with Crippen LogP contribution in [0.1, 0.15) is 27.2 Å². The molecule has 0 spiro atoms. The summed E-state index contributed by atoms with van der Waals surface area (Å²) in [6.45, 7) is 0. The molecule has 0 unspecified atom stereocenters. The van der Waals surface area contributed by atoms with Gasteiger partial charge in [-0.1, -0.05) is 36.4 Å². The number of hydrogen-bond acceptors (Lipinski definition) is 3. The van der Waals surface area contributed by atoms with Gasteiger partial charge in [-0.2, -0.15) is 5.26 Å². The van der Waals surface area contributed by atoms with Crippen molar-refractivity contribution in [2.45, 2.75) is 0 Å². The van der Waals surface area contributed by atoms with Gasteiger partial charge in [0.15, 0.2) is 0 Å². The number of carbonyl (C=O) groups is 1. The fourth-order valence-electron chi connectivity index (χ4n) is 1.68. The van der Waals surface area contributed by atoms with Crippen LogP contribution in [0.2, 0.25) is 0 Å². The Morgan fingerprint density at radius 3 is 2.55 bits per heavy atom. The first-order valence-electron chi connectivity index (χ1n) is 5.75. The average Bonchev–Trinajstić information content (AvgIpc) is 2.46. The van der Waals surface area contributed by atoms with Gasteiger partial charge in [-0.3, -0.25) is 4.79 Å². The van der Waals surface area contributed by atoms with Crippen molar-refractivity contribution in [3.05, 3.63) is 69.1 Å². The molecule has 98 valence electrons. The van der Waals surface area contributed by atoms with Crippen molar-refractivity contribution in [2.75, 3.05) is 0 Å². The summed E-state index contributed by atoms with van der Waals surface area (Å²) in [5.74, 6) is -1.20. The smallest absolute Gasteiger partial charge is 0.337 e. The molecule has 1 aromatic carbocycles. The molecule has 2 N–H and O–H groups in total. The standard InChI is InChI=1S/C15H10N2O3/c16-9-11-8-12(15(19)20)13(17-14(11)18)7-6-10-4-2-1-3-5-10/h1-8H,(H,17,18)(H,19,20). The molecule has 0 aliphatic heterocycles. The highest BCUT2D eigenvalue weighted by Gasteiger charge is 2.12. The molecular formula is C15H10N2O3. The van der Waals surface area contributed by atoms with E-state index in [1.54, 1.807) is 12.1 Å². The minimum absolute atomic E-state index is 0.117. The zero-order valence-corrected chi connectivity index (χ0v) is 10.3. The van der Waals surface area contributed by atoms with Crippen LogP contribution < -0.4 is 5.56 Å². The van der Waals surface area contributed by atoms with E-state index in [0.717, 1.165) is 11.6 Å². The molecule has 0 aliphatic carbocycles. The SMILES string of the molecule is N#Cc1cc(C(=O)O)c(C=Cc2ccccc2)[nH]c1=O. The van der Waals surface area contributed by atoms with E-state index in [4.69, 9.17) is 10.4 Å². The fraction of sp³-hybridized carbons (Fsp3) is 0. The number of benzene rings is 1. The van der Waals surface area contributed by atoms with Crippen LogP contribution in [0, 0.1) is 11.3 Å². The van der Waals surface area contributed by atoms with Crippen molar-refractivity contribution in [3.8, 4) is 6.07 Å². The number of carboxylic acid groups (broad SMARTS) is 1. The molecule has 0 saturated heterocycles. The van der Waals surface area contributed by atoms with Crippen molar-refractivity contribution >= 4 is 18.1 Å². The third-order valence-electron chi connectivity index (χ3n) is 2.66. The van der Waals surface area contributed by atoms with Gasteiger partial charge in [0, 0.05) is 0 Å². The Balaban J connectivity index is 2.49. The molecule has 0 aliphatic rings. The third kappa shape index (κ3) is 2.82. The highest BCUT2D eigenvalue weighted by molar-refractivity contribution is 5.92. The highest BCUT2D eigenvalue weighted by atomic mass is 16.4. The van der Waals surface area contributed by atoms with Crippen LogP contribution in [0.15, 0.2) is 41.2 Å². The van der Waals surface area contributed by atoms with Gasteiger partial charge in [-0.05, 0) is 17.7 Å². The van der Waals surface area contributed by atoms with E-state index in [2.05, 4.69) is 4.98 Å². The van der Waals surface area contributed by atoms with Gasteiger partial charge >= 0.3 is 5.97 Å². The van der Waals surface area contributed by atoms with Crippen molar-refractivity contribution in [1.82, 2.24) is 4.98 Å². The molecule has 0 amide bonds. The molecule has 0 radical (unpaired) electrons. The van der Waals surface area contributed by atoms with Crippen LogP contribution in [0.25, 0.3) is 12.2 Å². The Bertz CT molecular complexity index is 768. The van der Waals surface area contributed by atoms with Crippen molar-refractivity contribution in [1.29, 1.82) is 5.26 Å². The molecule has 1 aromatic heterocycles. The molecule has 5 nitrogen and oxygen atoms in total. The highest BCUT2D eigenvalue weighted by Crippen LogP contribution is 2.11. The number of pyridine rings is 1. The summed E-state index contributed by atoms with van der Waals surface area (Å²) >= 11 is 0. The van der Waals surface area contributed by atoms with Crippen molar-refractivity contribution in [3.63, 3.8) is 0 Å². The number of rotatable bonds is 3. The summed E-state index contributed by atoms with van der Waals surface area (Å²) in [6.07, 6.45) is 3.19. The lowest BCUT2D eigenvalue weighted by molar-refractivity contribution is 0.0696. The molecule has 0 bridgehead atoms. The molecule has 0 fully saturated rings. The van der Waals surface area contributed by atoms with E-state index in [-0.39, 0.29) is 16.8 Å². The summed E-state index contributed by atoms with van der Waals surface area (Å²) in [6, 6.07) is 12.0. The zero-order chi connectivity index (χ0) is 14.5. The number of nitrogens with one attached hydrogen (secondary N) is 1. The second-order valence-corrected chi connectivity index (χ2v) is 4.00. The predicted molar refractivity (Wildman–Crippen MR) is 74.1 cm³/mol. The van der Waals surface area contributed by atoms with Crippen LogP contribution in [0.5, 0.6) is 0 Å². The maximum Gasteiger partial charge on any atom is 0.337 e. The number of nitriles is 1. The lowest BCUT2D eigenvalue weighted by atomic mass is 10.1. The van der Waals surface area contributed by atoms with E-state index in [9.17, 15) is 9.59 Å². The Hall–Kier alpha value is -3.13. The second kappa shape index (κ2) is 5.67. The van der Waals surface area contributed by atoms with Crippen LogP contribution in [0.3, 0.4) is 0 Å². The van der Waals surface area contributed by atoms with Gasteiger partial charge in [-0.25, -0.2) is 4.79 Å². The monoisotopic (exact) mass is 266 g/mol. The van der Waals surface area contributed by atoms with E-state index < -0.39 is 11.5 Å². The molecule has 2 rings (SSSR count). The summed E-state index contributed by atoms with van der Waals surface area (Å²) in [7, 11) is 0. The lowest BCUT2D eigenvalue weighted by Crippen LogP contribution is -2.15. The summed E-state index contributed by atoms with van der Waals surface area (Å²) in [4.78, 5) is 25.1. The molecule has 0 atom stereocenters. The quantitative estimate of drug-likeness (QED) is 0.889. The Labute approximate surface area is 114 Å². The van der Waals surface area contributed by atoms with Crippen LogP contribution in [-0.2, 0) is 0 Å². The minimum Gasteiger partial charge on any atom is -0.478 e. The van der Waals surface area contributed by atoms with E-state index >= 15 is 0 Å². The first-order chi connectivity index (χ1) is 9.61. The average molecular weight is 266 g/mol. The Kier molecular flexibility index (Phi) is 3.77. The van der Waals surface area contributed by atoms with E-state index in [1.807, 2.05) is 30.3 Å². The molecule has 0 saturated carbocycles. The van der Waals surface area contributed by atoms with Gasteiger partial charge in [0.2, 0.25) is 0 Å². The lowest BCUT2D eigenvalue weighted by Gasteiger charge is -2.01. The number of aromatic nitrogens is 1. The number of aromatic amines is 1. The predicted octanol–water partition coefficient (Wildman–Crippen LogP) is 2.12. The van der Waals surface area contributed by atoms with Gasteiger partial charge in [0.05, 0.1) is 11.3 Å². The zero-order valence-electron chi connectivity index (χ0n) is 10.3. The maximum absolute atomic E-state index is 11.6. The normalized spacial score (nSPS) is 10.3. The van der Waals surface area contributed by atoms with E-state index in [0.29, 0.717) is 0 Å². The van der Waals surface area contributed by atoms with Crippen LogP contribution in [-0.4, -0.2) is 16.1 Å². The van der Waals surface area contributed by atoms with Gasteiger partial charge in [0.1, 0.15) is 11.6 Å². The summed E-state index contributed by atoms with van der Waals surface area (Å²) < 4.78 is 0. The van der Waals surface area contributed by atoms with Gasteiger partial charge in [-0.15, -0.1) is 0 Å². The summed E-state index contributed by atoms with van der Waals surface area (Å²) in [5.41, 5.74) is 0.0807.